The van der Waals surface area contributed by atoms with Gasteiger partial charge in [0, 0.05) is 19.0 Å². The first-order valence-electron chi connectivity index (χ1n) is 4.89. The highest BCUT2D eigenvalue weighted by Crippen LogP contribution is 2.02. The number of unbranched alkanes of at least 4 members (excludes halogenated alkanes) is 1. The minimum absolute atomic E-state index is 0.112. The number of aryl methyl sites for hydroxylation is 1. The van der Waals surface area contributed by atoms with Crippen molar-refractivity contribution in [2.75, 3.05) is 6.61 Å². The second-order valence-corrected chi connectivity index (χ2v) is 2.99. The molecule has 1 radical (unpaired) electrons. The maximum Gasteiger partial charge on any atom is 0.305 e. The quantitative estimate of drug-likeness (QED) is 0.552. The van der Waals surface area contributed by atoms with Gasteiger partial charge in [0.2, 0.25) is 0 Å². The van der Waals surface area contributed by atoms with Crippen LogP contribution in [0.2, 0.25) is 0 Å². The van der Waals surface area contributed by atoms with Crippen LogP contribution in [0.1, 0.15) is 32.0 Å². The zero-order valence-corrected chi connectivity index (χ0v) is 8.38. The third-order valence-corrected chi connectivity index (χ3v) is 1.85. The van der Waals surface area contributed by atoms with E-state index in [1.807, 2.05) is 6.92 Å². The Bertz CT molecular complexity index is 257. The van der Waals surface area contributed by atoms with Crippen molar-refractivity contribution in [3.05, 3.63) is 18.2 Å². The number of carbonyl (C=O) groups excluding carboxylic acids is 1. The zero-order chi connectivity index (χ0) is 10.2. The molecule has 1 heterocycles. The minimum Gasteiger partial charge on any atom is -0.466 e. The summed E-state index contributed by atoms with van der Waals surface area (Å²) in [6.45, 7) is 2.28. The fourth-order valence-corrected chi connectivity index (χ4v) is 1.18. The molecule has 1 aromatic rings. The Kier molecular flexibility index (Phi) is 4.75. The lowest BCUT2D eigenvalue weighted by atomic mass is 10.2. The van der Waals surface area contributed by atoms with Gasteiger partial charge in [-0.25, -0.2) is 4.98 Å². The molecule has 1 rings (SSSR count). The number of hydrogen-bond acceptors (Lipinski definition) is 3. The topological polar surface area (TPSA) is 55.0 Å². The molecule has 0 unspecified atom stereocenters. The number of carbonyl (C=O) groups is 1. The third-order valence-electron chi connectivity index (χ3n) is 1.85. The normalized spacial score (nSPS) is 10.1. The fraction of sp³-hybridized carbons (Fsp3) is 0.600. The fourth-order valence-electron chi connectivity index (χ4n) is 1.18. The van der Waals surface area contributed by atoms with Crippen LogP contribution in [-0.4, -0.2) is 22.5 Å². The molecule has 0 spiro atoms. The Labute approximate surface area is 83.7 Å². The lowest BCUT2D eigenvalue weighted by Crippen LogP contribution is -2.03. The molecule has 77 valence electrons. The number of rotatable bonds is 6. The maximum absolute atomic E-state index is 11.0. The number of nitrogens with zero attached hydrogens (tertiary/aromatic N) is 1. The van der Waals surface area contributed by atoms with Crippen molar-refractivity contribution >= 4 is 5.97 Å². The first-order chi connectivity index (χ1) is 6.83. The molecule has 4 nitrogen and oxygen atoms in total. The molecule has 1 N–H and O–H groups in total. The van der Waals surface area contributed by atoms with Gasteiger partial charge >= 0.3 is 5.97 Å². The number of ether oxygens (including phenoxy) is 1. The van der Waals surface area contributed by atoms with E-state index in [1.54, 1.807) is 6.20 Å². The van der Waals surface area contributed by atoms with Gasteiger partial charge in [0.1, 0.15) is 12.0 Å². The van der Waals surface area contributed by atoms with E-state index in [0.29, 0.717) is 13.0 Å². The maximum atomic E-state index is 11.0. The molecule has 0 bridgehead atoms. The molecule has 0 saturated heterocycles. The van der Waals surface area contributed by atoms with Crippen LogP contribution in [0.15, 0.2) is 6.20 Å². The number of H-pyrrole nitrogens is 1. The highest BCUT2D eigenvalue weighted by atomic mass is 16.5. The molecule has 0 saturated carbocycles. The average molecular weight is 195 g/mol. The van der Waals surface area contributed by atoms with E-state index < -0.39 is 0 Å². The van der Waals surface area contributed by atoms with Gasteiger partial charge in [0.05, 0.1) is 6.61 Å². The molecule has 0 amide bonds. The Morgan fingerprint density at radius 2 is 2.50 bits per heavy atom. The lowest BCUT2D eigenvalue weighted by Gasteiger charge is -2.00. The zero-order valence-electron chi connectivity index (χ0n) is 8.38. The van der Waals surface area contributed by atoms with Gasteiger partial charge in [-0.15, -0.1) is 0 Å². The molecule has 0 aliphatic heterocycles. The summed E-state index contributed by atoms with van der Waals surface area (Å²) in [4.78, 5) is 17.9. The lowest BCUT2D eigenvalue weighted by molar-refractivity contribution is -0.143. The minimum atomic E-state index is -0.112. The molecular formula is C10H15N2O2. The summed E-state index contributed by atoms with van der Waals surface area (Å²) in [5.41, 5.74) is 0. The van der Waals surface area contributed by atoms with Crippen molar-refractivity contribution in [3.8, 4) is 0 Å². The highest BCUT2D eigenvalue weighted by Gasteiger charge is 2.01. The van der Waals surface area contributed by atoms with Gasteiger partial charge in [-0.2, -0.15) is 0 Å². The second kappa shape index (κ2) is 6.18. The standard InChI is InChI=1S/C10H15N2O2/c1-2-14-10(13)6-4-3-5-9-11-7-8-12-9/h7H,2-6H2,1H3,(H,11,12). The molecule has 4 heteroatoms. The number of nitrogens with one attached hydrogen (secondary N) is 1. The van der Waals surface area contributed by atoms with Gasteiger partial charge in [-0.3, -0.25) is 4.79 Å². The molecule has 1 aromatic heterocycles. The van der Waals surface area contributed by atoms with E-state index in [0.717, 1.165) is 25.1 Å². The van der Waals surface area contributed by atoms with Gasteiger partial charge in [0.15, 0.2) is 0 Å². The Balaban J connectivity index is 2.02. The van der Waals surface area contributed by atoms with E-state index in [1.165, 1.54) is 0 Å². The predicted octanol–water partition coefficient (Wildman–Crippen LogP) is 1.49. The third kappa shape index (κ3) is 4.07. The van der Waals surface area contributed by atoms with Crippen molar-refractivity contribution in [1.29, 1.82) is 0 Å². The van der Waals surface area contributed by atoms with Crippen LogP contribution in [0.4, 0.5) is 0 Å². The van der Waals surface area contributed by atoms with Crippen LogP contribution in [0.25, 0.3) is 0 Å². The molecule has 14 heavy (non-hydrogen) atoms. The van der Waals surface area contributed by atoms with Crippen LogP contribution in [0.3, 0.4) is 0 Å². The SMILES string of the molecule is CCOC(=O)CCCCc1n[c]c[nH]1. The molecule has 0 aliphatic carbocycles. The summed E-state index contributed by atoms with van der Waals surface area (Å²) >= 11 is 0. The summed E-state index contributed by atoms with van der Waals surface area (Å²) in [6, 6.07) is 0. The Morgan fingerprint density at radius 1 is 1.64 bits per heavy atom. The molecule has 0 aromatic carbocycles. The molecule has 0 aliphatic rings. The van der Waals surface area contributed by atoms with Gasteiger partial charge in [-0.05, 0) is 19.8 Å². The van der Waals surface area contributed by atoms with Crippen LogP contribution >= 0.6 is 0 Å². The van der Waals surface area contributed by atoms with E-state index >= 15 is 0 Å². The van der Waals surface area contributed by atoms with E-state index in [-0.39, 0.29) is 5.97 Å². The Hall–Kier alpha value is -1.32. The summed E-state index contributed by atoms with van der Waals surface area (Å²) in [5, 5.41) is 0. The van der Waals surface area contributed by atoms with E-state index in [2.05, 4.69) is 16.2 Å². The summed E-state index contributed by atoms with van der Waals surface area (Å²) in [7, 11) is 0. The van der Waals surface area contributed by atoms with Crippen LogP contribution in [-0.2, 0) is 16.0 Å². The number of aromatic nitrogens is 2. The van der Waals surface area contributed by atoms with Crippen LogP contribution in [0, 0.1) is 6.20 Å². The van der Waals surface area contributed by atoms with Gasteiger partial charge in [-0.1, -0.05) is 0 Å². The predicted molar refractivity (Wildman–Crippen MR) is 51.6 cm³/mol. The Morgan fingerprint density at radius 3 is 3.14 bits per heavy atom. The molecular weight excluding hydrogens is 180 g/mol. The largest absolute Gasteiger partial charge is 0.466 e. The summed E-state index contributed by atoms with van der Waals surface area (Å²) in [5.74, 6) is 0.812. The van der Waals surface area contributed by atoms with Crippen LogP contribution in [0.5, 0.6) is 0 Å². The average Bonchev–Trinajstić information content (AvgIpc) is 2.65. The summed E-state index contributed by atoms with van der Waals surface area (Å²) < 4.78 is 4.81. The first-order valence-corrected chi connectivity index (χ1v) is 4.89. The number of esters is 1. The van der Waals surface area contributed by atoms with E-state index in [4.69, 9.17) is 4.74 Å². The van der Waals surface area contributed by atoms with Crippen LogP contribution < -0.4 is 0 Å². The van der Waals surface area contributed by atoms with Crippen molar-refractivity contribution in [2.45, 2.75) is 32.6 Å². The second-order valence-electron chi connectivity index (χ2n) is 2.99. The highest BCUT2D eigenvalue weighted by molar-refractivity contribution is 5.69. The van der Waals surface area contributed by atoms with Gasteiger partial charge in [0.25, 0.3) is 0 Å². The van der Waals surface area contributed by atoms with Crippen molar-refractivity contribution < 1.29 is 9.53 Å². The first kappa shape index (κ1) is 10.8. The van der Waals surface area contributed by atoms with Crippen molar-refractivity contribution in [1.82, 2.24) is 9.97 Å². The molecule has 0 atom stereocenters. The van der Waals surface area contributed by atoms with E-state index in [9.17, 15) is 4.79 Å². The van der Waals surface area contributed by atoms with Crippen molar-refractivity contribution in [2.24, 2.45) is 0 Å². The smallest absolute Gasteiger partial charge is 0.305 e. The molecule has 0 fully saturated rings. The number of hydrogen-bond donors (Lipinski definition) is 1. The monoisotopic (exact) mass is 195 g/mol. The summed E-state index contributed by atoms with van der Waals surface area (Å²) in [6.07, 6.45) is 7.54. The number of aromatic amines is 1. The number of imidazole rings is 1. The van der Waals surface area contributed by atoms with Gasteiger partial charge < -0.3 is 9.72 Å². The van der Waals surface area contributed by atoms with Crippen molar-refractivity contribution in [3.63, 3.8) is 0 Å².